The molecule has 4 heterocycles. The molecule has 0 fully saturated rings. The SMILES string of the molecule is c1ccc2c(c1)Oc1ccccc1N2c1ccc(-c2ccc(N3c4ccccc4Oc4ccccc43)nc2)cn1. The van der Waals surface area contributed by atoms with Gasteiger partial charge in [-0.25, -0.2) is 9.97 Å². The van der Waals surface area contributed by atoms with Crippen LogP contribution in [0.5, 0.6) is 23.0 Å². The fourth-order valence-corrected chi connectivity index (χ4v) is 5.28. The van der Waals surface area contributed by atoms with Crippen molar-refractivity contribution < 1.29 is 9.47 Å². The Morgan fingerprint density at radius 3 is 1.00 bits per heavy atom. The third kappa shape index (κ3) is 3.58. The van der Waals surface area contributed by atoms with Gasteiger partial charge in [-0.05, 0) is 72.8 Å². The molecule has 0 saturated heterocycles. The summed E-state index contributed by atoms with van der Waals surface area (Å²) < 4.78 is 12.3. The monoisotopic (exact) mass is 518 g/mol. The number of para-hydroxylation sites is 8. The van der Waals surface area contributed by atoms with Gasteiger partial charge in [-0.2, -0.15) is 0 Å². The summed E-state index contributed by atoms with van der Waals surface area (Å²) in [5, 5.41) is 0. The van der Waals surface area contributed by atoms with Crippen LogP contribution in [0.3, 0.4) is 0 Å². The van der Waals surface area contributed by atoms with Crippen molar-refractivity contribution in [1.29, 1.82) is 0 Å². The van der Waals surface area contributed by atoms with Crippen LogP contribution in [0.2, 0.25) is 0 Å². The van der Waals surface area contributed by atoms with E-state index >= 15 is 0 Å². The first-order valence-electron chi connectivity index (χ1n) is 13.1. The Morgan fingerprint density at radius 2 is 0.700 bits per heavy atom. The molecule has 0 unspecified atom stereocenters. The van der Waals surface area contributed by atoms with E-state index in [9.17, 15) is 0 Å². The maximum Gasteiger partial charge on any atom is 0.151 e. The maximum atomic E-state index is 6.14. The molecule has 2 aromatic heterocycles. The number of pyridine rings is 2. The van der Waals surface area contributed by atoms with Crippen molar-refractivity contribution in [2.75, 3.05) is 9.80 Å². The maximum absolute atomic E-state index is 6.14. The van der Waals surface area contributed by atoms with E-state index in [0.29, 0.717) is 0 Å². The largest absolute Gasteiger partial charge is 0.453 e. The molecule has 0 radical (unpaired) electrons. The molecule has 6 nitrogen and oxygen atoms in total. The van der Waals surface area contributed by atoms with Crippen molar-refractivity contribution in [3.05, 3.63) is 134 Å². The number of ether oxygens (including phenoxy) is 2. The summed E-state index contributed by atoms with van der Waals surface area (Å²) in [7, 11) is 0. The Bertz CT molecular complexity index is 1640. The molecule has 0 aliphatic carbocycles. The van der Waals surface area contributed by atoms with Crippen LogP contribution in [-0.4, -0.2) is 9.97 Å². The molecule has 4 aromatic carbocycles. The van der Waals surface area contributed by atoms with E-state index in [4.69, 9.17) is 19.4 Å². The molecule has 0 atom stereocenters. The highest BCUT2D eigenvalue weighted by atomic mass is 16.5. The molecule has 6 aromatic rings. The standard InChI is InChI=1S/C34H22N4O2/c1-5-13-29-25(9-1)37(26-10-2-6-14-30(26)39-29)33-19-17-23(21-35-33)24-18-20-34(36-22-24)38-27-11-3-7-15-31(27)40-32-16-8-4-12-28(32)38/h1-22H. The molecule has 2 aliphatic heterocycles. The van der Waals surface area contributed by atoms with E-state index in [2.05, 4.69) is 21.9 Å². The van der Waals surface area contributed by atoms with Crippen molar-refractivity contribution in [1.82, 2.24) is 9.97 Å². The number of rotatable bonds is 3. The minimum absolute atomic E-state index is 0.804. The van der Waals surface area contributed by atoms with E-state index in [1.165, 1.54) is 0 Å². The highest BCUT2D eigenvalue weighted by Crippen LogP contribution is 2.51. The minimum Gasteiger partial charge on any atom is -0.453 e. The average Bonchev–Trinajstić information content (AvgIpc) is 3.03. The summed E-state index contributed by atoms with van der Waals surface area (Å²) in [4.78, 5) is 14.0. The van der Waals surface area contributed by atoms with Gasteiger partial charge in [0.05, 0.1) is 22.7 Å². The first-order valence-corrected chi connectivity index (χ1v) is 13.1. The molecule has 0 saturated carbocycles. The lowest BCUT2D eigenvalue weighted by atomic mass is 10.1. The number of hydrogen-bond donors (Lipinski definition) is 0. The van der Waals surface area contributed by atoms with Crippen molar-refractivity contribution in [2.45, 2.75) is 0 Å². The minimum atomic E-state index is 0.804. The molecular formula is C34H22N4O2. The lowest BCUT2D eigenvalue weighted by Crippen LogP contribution is -2.16. The highest BCUT2D eigenvalue weighted by molar-refractivity contribution is 5.86. The van der Waals surface area contributed by atoms with Crippen LogP contribution in [0.25, 0.3) is 11.1 Å². The van der Waals surface area contributed by atoms with Gasteiger partial charge in [0.15, 0.2) is 23.0 Å². The first kappa shape index (κ1) is 22.4. The molecule has 2 aliphatic rings. The average molecular weight is 519 g/mol. The number of nitrogens with zero attached hydrogens (tertiary/aromatic N) is 4. The quantitative estimate of drug-likeness (QED) is 0.232. The lowest BCUT2D eigenvalue weighted by molar-refractivity contribution is 0.476. The topological polar surface area (TPSA) is 50.7 Å². The van der Waals surface area contributed by atoms with Gasteiger partial charge in [0, 0.05) is 23.5 Å². The van der Waals surface area contributed by atoms with Crippen molar-refractivity contribution in [2.24, 2.45) is 0 Å². The van der Waals surface area contributed by atoms with Gasteiger partial charge in [-0.1, -0.05) is 48.5 Å². The number of anilines is 6. The molecule has 8 rings (SSSR count). The van der Waals surface area contributed by atoms with Crippen LogP contribution >= 0.6 is 0 Å². The van der Waals surface area contributed by atoms with Crippen LogP contribution in [0.1, 0.15) is 0 Å². The van der Waals surface area contributed by atoms with Crippen LogP contribution in [-0.2, 0) is 0 Å². The van der Waals surface area contributed by atoms with Crippen LogP contribution in [0.4, 0.5) is 34.4 Å². The number of aromatic nitrogens is 2. The van der Waals surface area contributed by atoms with E-state index < -0.39 is 0 Å². The predicted molar refractivity (Wildman–Crippen MR) is 157 cm³/mol. The van der Waals surface area contributed by atoms with Crippen molar-refractivity contribution >= 4 is 34.4 Å². The summed E-state index contributed by atoms with van der Waals surface area (Å²) >= 11 is 0. The van der Waals surface area contributed by atoms with Gasteiger partial charge < -0.3 is 9.47 Å². The summed E-state index contributed by atoms with van der Waals surface area (Å²) in [5.74, 6) is 4.85. The van der Waals surface area contributed by atoms with Gasteiger partial charge in [0.2, 0.25) is 0 Å². The van der Waals surface area contributed by atoms with Crippen LogP contribution in [0, 0.1) is 0 Å². The Hall–Kier alpha value is -5.62. The fourth-order valence-electron chi connectivity index (χ4n) is 5.28. The Labute approximate surface area is 231 Å². The second kappa shape index (κ2) is 8.99. The highest BCUT2D eigenvalue weighted by Gasteiger charge is 2.27. The molecule has 40 heavy (non-hydrogen) atoms. The van der Waals surface area contributed by atoms with E-state index in [1.54, 1.807) is 0 Å². The normalized spacial score (nSPS) is 12.8. The summed E-state index contributed by atoms with van der Waals surface area (Å²) in [5.41, 5.74) is 5.80. The van der Waals surface area contributed by atoms with Gasteiger partial charge in [-0.3, -0.25) is 9.80 Å². The van der Waals surface area contributed by atoms with Gasteiger partial charge in [-0.15, -0.1) is 0 Å². The van der Waals surface area contributed by atoms with E-state index in [1.807, 2.05) is 122 Å². The van der Waals surface area contributed by atoms with E-state index in [0.717, 1.165) is 68.5 Å². The van der Waals surface area contributed by atoms with Gasteiger partial charge >= 0.3 is 0 Å². The smallest absolute Gasteiger partial charge is 0.151 e. The Kier molecular flexibility index (Phi) is 5.03. The Morgan fingerprint density at radius 1 is 0.375 bits per heavy atom. The molecule has 0 amide bonds. The molecule has 190 valence electrons. The third-order valence-electron chi connectivity index (χ3n) is 7.15. The summed E-state index contributed by atoms with van der Waals surface area (Å²) in [6, 6.07) is 40.3. The lowest BCUT2D eigenvalue weighted by Gasteiger charge is -2.32. The zero-order valence-corrected chi connectivity index (χ0v) is 21.3. The first-order chi connectivity index (χ1) is 19.8. The van der Waals surface area contributed by atoms with Crippen molar-refractivity contribution in [3.63, 3.8) is 0 Å². The van der Waals surface area contributed by atoms with Crippen LogP contribution in [0.15, 0.2) is 134 Å². The zero-order chi connectivity index (χ0) is 26.5. The Balaban J connectivity index is 1.13. The number of hydrogen-bond acceptors (Lipinski definition) is 6. The van der Waals surface area contributed by atoms with Gasteiger partial charge in [0.1, 0.15) is 11.6 Å². The van der Waals surface area contributed by atoms with Gasteiger partial charge in [0.25, 0.3) is 0 Å². The van der Waals surface area contributed by atoms with Crippen molar-refractivity contribution in [3.8, 4) is 34.1 Å². The number of benzene rings is 4. The third-order valence-corrected chi connectivity index (χ3v) is 7.15. The summed E-state index contributed by atoms with van der Waals surface area (Å²) in [6.45, 7) is 0. The second-order valence-corrected chi connectivity index (χ2v) is 9.56. The molecule has 0 spiro atoms. The van der Waals surface area contributed by atoms with Crippen LogP contribution < -0.4 is 19.3 Å². The molecule has 0 bridgehead atoms. The zero-order valence-electron chi connectivity index (χ0n) is 21.3. The second-order valence-electron chi connectivity index (χ2n) is 9.56. The molecule has 0 N–H and O–H groups in total. The fraction of sp³-hybridized carbons (Fsp3) is 0. The molecular weight excluding hydrogens is 496 g/mol. The number of fused-ring (bicyclic) bond motifs is 4. The summed E-state index contributed by atoms with van der Waals surface area (Å²) in [6.07, 6.45) is 3.79. The molecule has 6 heteroatoms. The van der Waals surface area contributed by atoms with E-state index in [-0.39, 0.29) is 0 Å². The predicted octanol–water partition coefficient (Wildman–Crippen LogP) is 9.29.